The molecule has 3 saturated carbocycles. The molecule has 0 aliphatic heterocycles. The number of nitrogens with one attached hydrogen (secondary N) is 2. The SMILES string of the molecule is COC(=O)C12CCC(CNC(=O)c3cc(NC(=O)Cc4ccc(F)c(C)c4)ncn3)(CC1)CC2. The topological polar surface area (TPSA) is 110 Å². The third-order valence-corrected chi connectivity index (χ3v) is 7.40. The van der Waals surface area contributed by atoms with Crippen LogP contribution in [0.1, 0.15) is 60.1 Å². The summed E-state index contributed by atoms with van der Waals surface area (Å²) in [5.41, 5.74) is 0.946. The molecule has 2 amide bonds. The number of aromatic nitrogens is 2. The minimum absolute atomic E-state index is 0.0111. The van der Waals surface area contributed by atoms with E-state index in [1.54, 1.807) is 19.1 Å². The van der Waals surface area contributed by atoms with Crippen LogP contribution in [-0.2, 0) is 20.7 Å². The fraction of sp³-hybridized carbons (Fsp3) is 0.480. The van der Waals surface area contributed by atoms with E-state index in [1.165, 1.54) is 25.6 Å². The second-order valence-electron chi connectivity index (χ2n) is 9.55. The second-order valence-corrected chi connectivity index (χ2v) is 9.55. The van der Waals surface area contributed by atoms with Gasteiger partial charge in [0.1, 0.15) is 23.7 Å². The number of fused-ring (bicyclic) bond motifs is 3. The van der Waals surface area contributed by atoms with Crippen molar-refractivity contribution in [2.24, 2.45) is 10.8 Å². The summed E-state index contributed by atoms with van der Waals surface area (Å²) >= 11 is 0. The first kappa shape index (κ1) is 23.8. The number of carbonyl (C=O) groups excluding carboxylic acids is 3. The third kappa shape index (κ3) is 4.93. The number of halogens is 1. The number of rotatable bonds is 7. The van der Waals surface area contributed by atoms with E-state index in [0.29, 0.717) is 17.7 Å². The van der Waals surface area contributed by atoms with Crippen LogP contribution in [0.15, 0.2) is 30.6 Å². The van der Waals surface area contributed by atoms with Crippen molar-refractivity contribution in [3.63, 3.8) is 0 Å². The number of carbonyl (C=O) groups is 3. The molecule has 1 heterocycles. The summed E-state index contributed by atoms with van der Waals surface area (Å²) < 4.78 is 18.4. The molecule has 2 bridgehead atoms. The monoisotopic (exact) mass is 468 g/mol. The number of benzene rings is 1. The van der Waals surface area contributed by atoms with Crippen LogP contribution in [0.4, 0.5) is 10.2 Å². The highest BCUT2D eigenvalue weighted by Crippen LogP contribution is 2.57. The molecule has 2 aromatic rings. The van der Waals surface area contributed by atoms with Crippen LogP contribution >= 0.6 is 0 Å². The van der Waals surface area contributed by atoms with Gasteiger partial charge >= 0.3 is 5.97 Å². The first-order valence-electron chi connectivity index (χ1n) is 11.5. The maximum atomic E-state index is 13.4. The van der Waals surface area contributed by atoms with Crippen molar-refractivity contribution >= 4 is 23.6 Å². The lowest BCUT2D eigenvalue weighted by atomic mass is 9.53. The fourth-order valence-electron chi connectivity index (χ4n) is 5.15. The van der Waals surface area contributed by atoms with Gasteiger partial charge in [-0.25, -0.2) is 14.4 Å². The predicted molar refractivity (Wildman–Crippen MR) is 122 cm³/mol. The normalized spacial score (nSPS) is 23.3. The molecule has 3 aliphatic rings. The lowest BCUT2D eigenvalue weighted by Gasteiger charge is -2.51. The van der Waals surface area contributed by atoms with Crippen LogP contribution < -0.4 is 10.6 Å². The molecule has 5 rings (SSSR count). The predicted octanol–water partition coefficient (Wildman–Crippen LogP) is 3.35. The van der Waals surface area contributed by atoms with Crippen molar-refractivity contribution in [2.45, 2.75) is 51.9 Å². The van der Waals surface area contributed by atoms with E-state index in [-0.39, 0.29) is 52.4 Å². The molecule has 0 radical (unpaired) electrons. The van der Waals surface area contributed by atoms with Crippen molar-refractivity contribution < 1.29 is 23.5 Å². The Bertz CT molecular complexity index is 1100. The minimum atomic E-state index is -0.354. The zero-order valence-corrected chi connectivity index (χ0v) is 19.4. The van der Waals surface area contributed by atoms with Gasteiger partial charge < -0.3 is 15.4 Å². The van der Waals surface area contributed by atoms with Crippen molar-refractivity contribution in [1.82, 2.24) is 15.3 Å². The lowest BCUT2D eigenvalue weighted by Crippen LogP contribution is -2.50. The molecule has 180 valence electrons. The Labute approximate surface area is 197 Å². The van der Waals surface area contributed by atoms with E-state index in [9.17, 15) is 18.8 Å². The first-order valence-corrected chi connectivity index (χ1v) is 11.5. The highest BCUT2D eigenvalue weighted by Gasteiger charge is 2.53. The summed E-state index contributed by atoms with van der Waals surface area (Å²) in [4.78, 5) is 45.4. The number of ether oxygens (including phenoxy) is 1. The molecule has 8 nitrogen and oxygen atoms in total. The molecule has 34 heavy (non-hydrogen) atoms. The summed E-state index contributed by atoms with van der Waals surface area (Å²) in [6.45, 7) is 2.15. The van der Waals surface area contributed by atoms with Crippen LogP contribution in [-0.4, -0.2) is 41.4 Å². The Kier molecular flexibility index (Phi) is 6.63. The molecule has 0 saturated heterocycles. The smallest absolute Gasteiger partial charge is 0.311 e. The average molecular weight is 469 g/mol. The molecule has 0 spiro atoms. The number of hydrogen-bond acceptors (Lipinski definition) is 6. The van der Waals surface area contributed by atoms with Gasteiger partial charge in [-0.3, -0.25) is 14.4 Å². The van der Waals surface area contributed by atoms with Gasteiger partial charge in [-0.1, -0.05) is 12.1 Å². The van der Waals surface area contributed by atoms with E-state index < -0.39 is 0 Å². The van der Waals surface area contributed by atoms with Crippen molar-refractivity contribution in [3.8, 4) is 0 Å². The Balaban J connectivity index is 1.32. The van der Waals surface area contributed by atoms with Crippen molar-refractivity contribution in [2.75, 3.05) is 19.0 Å². The Morgan fingerprint density at radius 2 is 1.76 bits per heavy atom. The summed E-state index contributed by atoms with van der Waals surface area (Å²) in [5.74, 6) is -0.875. The summed E-state index contributed by atoms with van der Waals surface area (Å²) in [6.07, 6.45) is 6.26. The van der Waals surface area contributed by atoms with Crippen LogP contribution in [0.3, 0.4) is 0 Å². The number of aryl methyl sites for hydroxylation is 1. The molecule has 0 atom stereocenters. The summed E-state index contributed by atoms with van der Waals surface area (Å²) in [7, 11) is 1.44. The molecular formula is C25H29FN4O4. The Morgan fingerprint density at radius 3 is 2.41 bits per heavy atom. The van der Waals surface area contributed by atoms with E-state index in [2.05, 4.69) is 20.6 Å². The van der Waals surface area contributed by atoms with Gasteiger partial charge in [0.15, 0.2) is 0 Å². The highest BCUT2D eigenvalue weighted by molar-refractivity contribution is 5.95. The van der Waals surface area contributed by atoms with Gasteiger partial charge in [-0.15, -0.1) is 0 Å². The van der Waals surface area contributed by atoms with Crippen LogP contribution in [0, 0.1) is 23.6 Å². The lowest BCUT2D eigenvalue weighted by molar-refractivity contribution is -0.162. The minimum Gasteiger partial charge on any atom is -0.469 e. The first-order chi connectivity index (χ1) is 16.2. The summed E-state index contributed by atoms with van der Waals surface area (Å²) in [5, 5.41) is 5.64. The average Bonchev–Trinajstić information content (AvgIpc) is 2.85. The van der Waals surface area contributed by atoms with Gasteiger partial charge in [-0.05, 0) is 68.1 Å². The second kappa shape index (κ2) is 9.48. The van der Waals surface area contributed by atoms with Gasteiger partial charge in [-0.2, -0.15) is 0 Å². The van der Waals surface area contributed by atoms with Gasteiger partial charge in [0.2, 0.25) is 5.91 Å². The molecular weight excluding hydrogens is 439 g/mol. The third-order valence-electron chi connectivity index (χ3n) is 7.40. The van der Waals surface area contributed by atoms with Gasteiger partial charge in [0, 0.05) is 12.6 Å². The van der Waals surface area contributed by atoms with E-state index >= 15 is 0 Å². The number of anilines is 1. The van der Waals surface area contributed by atoms with E-state index in [0.717, 1.165) is 38.5 Å². The maximum Gasteiger partial charge on any atom is 0.311 e. The molecule has 3 fully saturated rings. The highest BCUT2D eigenvalue weighted by atomic mass is 19.1. The molecule has 3 aliphatic carbocycles. The number of esters is 1. The van der Waals surface area contributed by atoms with Gasteiger partial charge in [0.25, 0.3) is 5.91 Å². The Morgan fingerprint density at radius 1 is 1.06 bits per heavy atom. The van der Waals surface area contributed by atoms with Crippen molar-refractivity contribution in [3.05, 3.63) is 53.2 Å². The standard InChI is InChI=1S/C25H29FN4O4/c1-16-11-17(3-4-18(16)26)12-21(31)30-20-13-19(28-15-29-20)22(32)27-14-24-5-8-25(9-6-24,10-7-24)23(33)34-2/h3-4,11,13,15H,5-10,12,14H2,1-2H3,(H,27,32)(H,28,29,30,31). The molecule has 1 aromatic carbocycles. The number of nitrogens with zero attached hydrogens (tertiary/aromatic N) is 2. The molecule has 1 aromatic heterocycles. The quantitative estimate of drug-likeness (QED) is 0.603. The van der Waals surface area contributed by atoms with Gasteiger partial charge in [0.05, 0.1) is 18.9 Å². The van der Waals surface area contributed by atoms with E-state index in [1.807, 2.05) is 0 Å². The molecule has 2 N–H and O–H groups in total. The zero-order valence-electron chi connectivity index (χ0n) is 19.4. The summed E-state index contributed by atoms with van der Waals surface area (Å²) in [6, 6.07) is 5.95. The zero-order chi connectivity index (χ0) is 24.3. The van der Waals surface area contributed by atoms with Crippen LogP contribution in [0.2, 0.25) is 0 Å². The van der Waals surface area contributed by atoms with Crippen LogP contribution in [0.5, 0.6) is 0 Å². The molecule has 9 heteroatoms. The Hall–Kier alpha value is -3.36. The fourth-order valence-corrected chi connectivity index (χ4v) is 5.15. The molecule has 0 unspecified atom stereocenters. The maximum absolute atomic E-state index is 13.4. The number of methoxy groups -OCH3 is 1. The van der Waals surface area contributed by atoms with E-state index in [4.69, 9.17) is 4.74 Å². The van der Waals surface area contributed by atoms with Crippen LogP contribution in [0.25, 0.3) is 0 Å². The number of amides is 2. The largest absolute Gasteiger partial charge is 0.469 e. The van der Waals surface area contributed by atoms with Crippen molar-refractivity contribution in [1.29, 1.82) is 0 Å². The number of hydrogen-bond donors (Lipinski definition) is 2.